The SMILES string of the molecule is CCCC(=NNC(=O)CSc1nnc(-c2ccc(Cl)cc2)n1C)c1ccccc1. The van der Waals surface area contributed by atoms with Gasteiger partial charge in [-0.1, -0.05) is 67.0 Å². The van der Waals surface area contributed by atoms with E-state index in [0.29, 0.717) is 10.2 Å². The van der Waals surface area contributed by atoms with Gasteiger partial charge in [0, 0.05) is 17.6 Å². The number of nitrogens with zero attached hydrogens (tertiary/aromatic N) is 4. The standard InChI is InChI=1S/C21H22ClN5OS/c1-3-7-18(15-8-5-4-6-9-15)23-24-19(28)14-29-21-26-25-20(27(21)2)16-10-12-17(22)13-11-16/h4-6,8-13H,3,7,14H2,1-2H3,(H,24,28). The van der Waals surface area contributed by atoms with Gasteiger partial charge in [-0.25, -0.2) is 5.43 Å². The maximum atomic E-state index is 12.3. The number of carbonyl (C=O) groups excluding carboxylic acids is 1. The smallest absolute Gasteiger partial charge is 0.250 e. The highest BCUT2D eigenvalue weighted by Crippen LogP contribution is 2.23. The second kappa shape index (κ2) is 10.2. The van der Waals surface area contributed by atoms with Crippen LogP contribution in [-0.4, -0.2) is 32.1 Å². The van der Waals surface area contributed by atoms with Crippen LogP contribution in [0, 0.1) is 0 Å². The lowest BCUT2D eigenvalue weighted by molar-refractivity contribution is -0.118. The van der Waals surface area contributed by atoms with Crippen molar-refractivity contribution in [3.8, 4) is 11.4 Å². The molecule has 0 fully saturated rings. The minimum absolute atomic E-state index is 0.185. The topological polar surface area (TPSA) is 72.2 Å². The third-order valence-corrected chi connectivity index (χ3v) is 5.45. The Hall–Kier alpha value is -2.64. The molecule has 8 heteroatoms. The predicted octanol–water partition coefficient (Wildman–Crippen LogP) is 4.55. The molecule has 150 valence electrons. The third kappa shape index (κ3) is 5.68. The van der Waals surface area contributed by atoms with Crippen LogP contribution in [0.25, 0.3) is 11.4 Å². The number of thioether (sulfide) groups is 1. The largest absolute Gasteiger partial charge is 0.305 e. The van der Waals surface area contributed by atoms with Crippen LogP contribution in [0.4, 0.5) is 0 Å². The summed E-state index contributed by atoms with van der Waals surface area (Å²) in [6.07, 6.45) is 1.75. The zero-order valence-corrected chi connectivity index (χ0v) is 17.9. The van der Waals surface area contributed by atoms with Gasteiger partial charge in [0.15, 0.2) is 11.0 Å². The summed E-state index contributed by atoms with van der Waals surface area (Å²) in [5, 5.41) is 14.1. The molecule has 1 N–H and O–H groups in total. The molecule has 0 aliphatic rings. The number of nitrogens with one attached hydrogen (secondary N) is 1. The fourth-order valence-corrected chi connectivity index (χ4v) is 3.54. The number of halogens is 1. The first-order chi connectivity index (χ1) is 14.1. The Kier molecular flexibility index (Phi) is 7.43. The van der Waals surface area contributed by atoms with E-state index in [1.165, 1.54) is 11.8 Å². The molecule has 3 aromatic rings. The second-order valence-electron chi connectivity index (χ2n) is 6.37. The molecule has 0 aliphatic heterocycles. The predicted molar refractivity (Wildman–Crippen MR) is 118 cm³/mol. The molecule has 29 heavy (non-hydrogen) atoms. The van der Waals surface area contributed by atoms with E-state index in [0.717, 1.165) is 35.5 Å². The lowest BCUT2D eigenvalue weighted by atomic mass is 10.1. The fourth-order valence-electron chi connectivity index (χ4n) is 2.72. The minimum Gasteiger partial charge on any atom is -0.305 e. The summed E-state index contributed by atoms with van der Waals surface area (Å²) < 4.78 is 1.86. The number of carbonyl (C=O) groups is 1. The molecule has 2 aromatic carbocycles. The summed E-state index contributed by atoms with van der Waals surface area (Å²) in [4.78, 5) is 12.3. The van der Waals surface area contributed by atoms with Crippen LogP contribution in [0.3, 0.4) is 0 Å². The normalized spacial score (nSPS) is 11.5. The van der Waals surface area contributed by atoms with Crippen LogP contribution in [0.15, 0.2) is 64.9 Å². The van der Waals surface area contributed by atoms with Gasteiger partial charge in [-0.2, -0.15) is 5.10 Å². The highest BCUT2D eigenvalue weighted by molar-refractivity contribution is 7.99. The molecule has 0 saturated carbocycles. The Morgan fingerprint density at radius 2 is 1.86 bits per heavy atom. The number of amides is 1. The minimum atomic E-state index is -0.185. The highest BCUT2D eigenvalue weighted by Gasteiger charge is 2.13. The van der Waals surface area contributed by atoms with Crippen LogP contribution >= 0.6 is 23.4 Å². The Bertz CT molecular complexity index is 986. The molecule has 0 radical (unpaired) electrons. The van der Waals surface area contributed by atoms with E-state index < -0.39 is 0 Å². The molecule has 0 aliphatic carbocycles. The first kappa shape index (κ1) is 21.1. The monoisotopic (exact) mass is 427 g/mol. The molecule has 0 unspecified atom stereocenters. The molecule has 1 heterocycles. The van der Waals surface area contributed by atoms with Crippen molar-refractivity contribution >= 4 is 35.0 Å². The Labute approximate surface area is 179 Å². The maximum Gasteiger partial charge on any atom is 0.250 e. The van der Waals surface area contributed by atoms with Crippen molar-refractivity contribution in [1.29, 1.82) is 0 Å². The first-order valence-corrected chi connectivity index (χ1v) is 10.6. The van der Waals surface area contributed by atoms with E-state index in [1.807, 2.05) is 66.2 Å². The molecule has 0 atom stereocenters. The zero-order chi connectivity index (χ0) is 20.6. The van der Waals surface area contributed by atoms with Crippen LogP contribution < -0.4 is 5.43 Å². The molecule has 1 aromatic heterocycles. The van der Waals surface area contributed by atoms with E-state index in [-0.39, 0.29) is 11.7 Å². The summed E-state index contributed by atoms with van der Waals surface area (Å²) in [5.41, 5.74) is 5.46. The van der Waals surface area contributed by atoms with Gasteiger partial charge in [-0.3, -0.25) is 4.79 Å². The van der Waals surface area contributed by atoms with Gasteiger partial charge in [0.2, 0.25) is 0 Å². The van der Waals surface area contributed by atoms with Gasteiger partial charge in [-0.05, 0) is 36.2 Å². The number of hydrogen-bond donors (Lipinski definition) is 1. The van der Waals surface area contributed by atoms with Crippen LogP contribution in [-0.2, 0) is 11.8 Å². The molecule has 1 amide bonds. The van der Waals surface area contributed by atoms with Crippen molar-refractivity contribution in [3.63, 3.8) is 0 Å². The molecular weight excluding hydrogens is 406 g/mol. The molecule has 0 spiro atoms. The zero-order valence-electron chi connectivity index (χ0n) is 16.3. The van der Waals surface area contributed by atoms with Crippen molar-refractivity contribution in [2.75, 3.05) is 5.75 Å². The lowest BCUT2D eigenvalue weighted by Gasteiger charge is -2.07. The van der Waals surface area contributed by atoms with Crippen LogP contribution in [0.1, 0.15) is 25.3 Å². The molecule has 3 rings (SSSR count). The number of benzene rings is 2. The van der Waals surface area contributed by atoms with E-state index in [4.69, 9.17) is 11.6 Å². The van der Waals surface area contributed by atoms with Gasteiger partial charge in [-0.15, -0.1) is 10.2 Å². The van der Waals surface area contributed by atoms with E-state index >= 15 is 0 Å². The molecule has 0 saturated heterocycles. The lowest BCUT2D eigenvalue weighted by Crippen LogP contribution is -2.22. The second-order valence-corrected chi connectivity index (χ2v) is 7.75. The first-order valence-electron chi connectivity index (χ1n) is 9.27. The van der Waals surface area contributed by atoms with Crippen LogP contribution in [0.2, 0.25) is 5.02 Å². The molecule has 6 nitrogen and oxygen atoms in total. The third-order valence-electron chi connectivity index (χ3n) is 4.18. The van der Waals surface area contributed by atoms with Crippen molar-refractivity contribution in [2.24, 2.45) is 12.1 Å². The van der Waals surface area contributed by atoms with Gasteiger partial charge in [0.05, 0.1) is 11.5 Å². The number of hydrogen-bond acceptors (Lipinski definition) is 5. The van der Waals surface area contributed by atoms with Gasteiger partial charge < -0.3 is 4.57 Å². The van der Waals surface area contributed by atoms with Gasteiger partial charge in [0.25, 0.3) is 5.91 Å². The van der Waals surface area contributed by atoms with E-state index in [9.17, 15) is 4.79 Å². The number of hydrazone groups is 1. The van der Waals surface area contributed by atoms with Crippen molar-refractivity contribution in [1.82, 2.24) is 20.2 Å². The molecular formula is C21H22ClN5OS. The van der Waals surface area contributed by atoms with Crippen LogP contribution in [0.5, 0.6) is 0 Å². The molecule has 0 bridgehead atoms. The summed E-state index contributed by atoms with van der Waals surface area (Å²) in [6, 6.07) is 17.3. The van der Waals surface area contributed by atoms with Crippen molar-refractivity contribution < 1.29 is 4.79 Å². The summed E-state index contributed by atoms with van der Waals surface area (Å²) in [6.45, 7) is 2.09. The van der Waals surface area contributed by atoms with Gasteiger partial charge in [0.1, 0.15) is 0 Å². The van der Waals surface area contributed by atoms with Crippen molar-refractivity contribution in [3.05, 3.63) is 65.2 Å². The van der Waals surface area contributed by atoms with E-state index in [1.54, 1.807) is 0 Å². The number of rotatable bonds is 8. The summed E-state index contributed by atoms with van der Waals surface area (Å²) in [5.74, 6) is 0.733. The fraction of sp³-hybridized carbons (Fsp3) is 0.238. The summed E-state index contributed by atoms with van der Waals surface area (Å²) in [7, 11) is 1.87. The number of aromatic nitrogens is 3. The Morgan fingerprint density at radius 3 is 2.55 bits per heavy atom. The average molecular weight is 428 g/mol. The average Bonchev–Trinajstić information content (AvgIpc) is 3.11. The Morgan fingerprint density at radius 1 is 1.14 bits per heavy atom. The summed E-state index contributed by atoms with van der Waals surface area (Å²) >= 11 is 7.25. The van der Waals surface area contributed by atoms with Gasteiger partial charge >= 0.3 is 0 Å². The maximum absolute atomic E-state index is 12.3. The quantitative estimate of drug-likeness (QED) is 0.325. The Balaban J connectivity index is 1.61. The van der Waals surface area contributed by atoms with Crippen molar-refractivity contribution in [2.45, 2.75) is 24.9 Å². The van der Waals surface area contributed by atoms with E-state index in [2.05, 4.69) is 27.6 Å². The highest BCUT2D eigenvalue weighted by atomic mass is 35.5.